The first-order valence-corrected chi connectivity index (χ1v) is 11.9. The second-order valence-electron chi connectivity index (χ2n) is 9.26. The maximum Gasteiger partial charge on any atom is 0.329 e. The third-order valence-corrected chi connectivity index (χ3v) is 6.19. The first-order valence-electron chi connectivity index (χ1n) is 11.9. The van der Waals surface area contributed by atoms with Crippen molar-refractivity contribution in [1.82, 2.24) is 10.2 Å². The summed E-state index contributed by atoms with van der Waals surface area (Å²) in [4.78, 5) is 52.6. The number of esters is 1. The van der Waals surface area contributed by atoms with Gasteiger partial charge in [-0.1, -0.05) is 31.5 Å². The van der Waals surface area contributed by atoms with Crippen molar-refractivity contribution in [2.24, 2.45) is 5.92 Å². The number of carbonyl (C=O) groups excluding carboxylic acids is 4. The van der Waals surface area contributed by atoms with Crippen molar-refractivity contribution in [3.63, 3.8) is 0 Å². The van der Waals surface area contributed by atoms with E-state index in [4.69, 9.17) is 4.74 Å². The summed E-state index contributed by atoms with van der Waals surface area (Å²) in [7, 11) is 0. The SMILES string of the molecule is CC(=O)c1ccc(N2CCN(C(=O)COC(=O)[C@@H](NC(=O)c3ccc(C)cc3)C(C)C)CC2)c(F)c1. The van der Waals surface area contributed by atoms with E-state index in [2.05, 4.69) is 5.32 Å². The molecular weight excluding hydrogens is 465 g/mol. The van der Waals surface area contributed by atoms with E-state index in [0.717, 1.165) is 5.56 Å². The summed E-state index contributed by atoms with van der Waals surface area (Å²) in [5.74, 6) is -2.36. The number of ether oxygens (including phenoxy) is 1. The molecule has 0 aromatic heterocycles. The van der Waals surface area contributed by atoms with E-state index in [0.29, 0.717) is 43.0 Å². The average molecular weight is 498 g/mol. The number of nitrogens with one attached hydrogen (secondary N) is 1. The van der Waals surface area contributed by atoms with Crippen molar-refractivity contribution in [1.29, 1.82) is 0 Å². The van der Waals surface area contributed by atoms with Gasteiger partial charge in [-0.05, 0) is 50.1 Å². The van der Waals surface area contributed by atoms with Crippen LogP contribution >= 0.6 is 0 Å². The van der Waals surface area contributed by atoms with Crippen molar-refractivity contribution in [2.45, 2.75) is 33.7 Å². The molecule has 2 amide bonds. The quantitative estimate of drug-likeness (QED) is 0.445. The van der Waals surface area contributed by atoms with Crippen LogP contribution in [0.15, 0.2) is 42.5 Å². The Labute approximate surface area is 210 Å². The van der Waals surface area contributed by atoms with Gasteiger partial charge < -0.3 is 19.9 Å². The Morgan fingerprint density at radius 3 is 2.14 bits per heavy atom. The van der Waals surface area contributed by atoms with Gasteiger partial charge in [0.1, 0.15) is 11.9 Å². The number of ketones is 1. The summed E-state index contributed by atoms with van der Waals surface area (Å²) in [6, 6.07) is 10.5. The van der Waals surface area contributed by atoms with Gasteiger partial charge in [0.05, 0.1) is 5.69 Å². The fourth-order valence-electron chi connectivity index (χ4n) is 3.92. The van der Waals surface area contributed by atoms with Crippen LogP contribution in [0.2, 0.25) is 0 Å². The van der Waals surface area contributed by atoms with Gasteiger partial charge in [-0.15, -0.1) is 0 Å². The monoisotopic (exact) mass is 497 g/mol. The molecule has 1 heterocycles. The van der Waals surface area contributed by atoms with Crippen LogP contribution in [0, 0.1) is 18.7 Å². The number of benzene rings is 2. The van der Waals surface area contributed by atoms with E-state index < -0.39 is 30.3 Å². The third-order valence-electron chi connectivity index (χ3n) is 6.19. The Morgan fingerprint density at radius 1 is 0.972 bits per heavy atom. The molecular formula is C27H32FN3O5. The van der Waals surface area contributed by atoms with E-state index in [9.17, 15) is 23.6 Å². The minimum atomic E-state index is -0.899. The second-order valence-corrected chi connectivity index (χ2v) is 9.26. The van der Waals surface area contributed by atoms with E-state index in [1.165, 1.54) is 13.0 Å². The number of Topliss-reactive ketones (excluding diaryl/α,β-unsaturated/α-hetero) is 1. The molecule has 3 rings (SSSR count). The number of piperazine rings is 1. The van der Waals surface area contributed by atoms with E-state index >= 15 is 0 Å². The molecule has 1 N–H and O–H groups in total. The highest BCUT2D eigenvalue weighted by atomic mass is 19.1. The molecule has 8 nitrogen and oxygen atoms in total. The molecule has 0 aliphatic carbocycles. The zero-order valence-corrected chi connectivity index (χ0v) is 21.0. The molecule has 9 heteroatoms. The Hall–Kier alpha value is -3.75. The highest BCUT2D eigenvalue weighted by Crippen LogP contribution is 2.22. The Morgan fingerprint density at radius 2 is 1.58 bits per heavy atom. The smallest absolute Gasteiger partial charge is 0.329 e. The van der Waals surface area contributed by atoms with Gasteiger partial charge in [-0.3, -0.25) is 14.4 Å². The van der Waals surface area contributed by atoms with Gasteiger partial charge in [0.2, 0.25) is 0 Å². The van der Waals surface area contributed by atoms with Crippen LogP contribution in [-0.2, 0) is 14.3 Å². The van der Waals surface area contributed by atoms with Crippen molar-refractivity contribution in [3.8, 4) is 0 Å². The summed E-state index contributed by atoms with van der Waals surface area (Å²) in [5, 5.41) is 2.69. The predicted octanol–water partition coefficient (Wildman–Crippen LogP) is 2.98. The van der Waals surface area contributed by atoms with E-state index in [-0.39, 0.29) is 17.6 Å². The first kappa shape index (κ1) is 26.8. The Bertz CT molecular complexity index is 1120. The molecule has 1 aliphatic heterocycles. The molecule has 1 aliphatic rings. The average Bonchev–Trinajstić information content (AvgIpc) is 2.85. The van der Waals surface area contributed by atoms with Gasteiger partial charge >= 0.3 is 5.97 Å². The van der Waals surface area contributed by atoms with Crippen LogP contribution in [0.3, 0.4) is 0 Å². The summed E-state index contributed by atoms with van der Waals surface area (Å²) in [5.41, 5.74) is 2.13. The lowest BCUT2D eigenvalue weighted by molar-refractivity contribution is -0.154. The number of hydrogen-bond acceptors (Lipinski definition) is 6. The fourth-order valence-corrected chi connectivity index (χ4v) is 3.92. The second kappa shape index (κ2) is 11.8. The largest absolute Gasteiger partial charge is 0.454 e. The molecule has 1 saturated heterocycles. The van der Waals surface area contributed by atoms with Crippen LogP contribution in [0.25, 0.3) is 0 Å². The first-order chi connectivity index (χ1) is 17.1. The number of nitrogens with zero attached hydrogens (tertiary/aromatic N) is 2. The fraction of sp³-hybridized carbons (Fsp3) is 0.407. The molecule has 192 valence electrons. The Kier molecular flexibility index (Phi) is 8.79. The molecule has 0 bridgehead atoms. The van der Waals surface area contributed by atoms with Gasteiger partial charge in [0.25, 0.3) is 11.8 Å². The number of hydrogen-bond donors (Lipinski definition) is 1. The van der Waals surface area contributed by atoms with Gasteiger partial charge in [0.15, 0.2) is 12.4 Å². The van der Waals surface area contributed by atoms with Crippen LogP contribution in [0.4, 0.5) is 10.1 Å². The van der Waals surface area contributed by atoms with Crippen LogP contribution in [0.1, 0.15) is 47.1 Å². The van der Waals surface area contributed by atoms with Gasteiger partial charge in [-0.25, -0.2) is 9.18 Å². The summed E-state index contributed by atoms with van der Waals surface area (Å²) >= 11 is 0. The van der Waals surface area contributed by atoms with Crippen LogP contribution < -0.4 is 10.2 Å². The minimum absolute atomic E-state index is 0.208. The topological polar surface area (TPSA) is 96.0 Å². The third kappa shape index (κ3) is 6.68. The van der Waals surface area contributed by atoms with Crippen molar-refractivity contribution >= 4 is 29.3 Å². The molecule has 0 saturated carbocycles. The number of carbonyl (C=O) groups is 4. The standard InChI is InChI=1S/C27H32FN3O5/c1-17(2)25(29-26(34)20-7-5-18(3)6-8-20)27(35)36-16-24(33)31-13-11-30(12-14-31)23-10-9-21(19(4)32)15-22(23)28/h5-10,15,17,25H,11-14,16H2,1-4H3,(H,29,34)/t25-/m0/s1. The molecule has 0 spiro atoms. The summed E-state index contributed by atoms with van der Waals surface area (Å²) in [6.45, 7) is 7.89. The molecule has 0 unspecified atom stereocenters. The maximum atomic E-state index is 14.5. The molecule has 2 aromatic carbocycles. The molecule has 1 fully saturated rings. The van der Waals surface area contributed by atoms with Crippen molar-refractivity contribution in [2.75, 3.05) is 37.7 Å². The number of anilines is 1. The van der Waals surface area contributed by atoms with Crippen molar-refractivity contribution < 1.29 is 28.3 Å². The lowest BCUT2D eigenvalue weighted by Crippen LogP contribution is -2.51. The number of halogens is 1. The zero-order chi connectivity index (χ0) is 26.4. The van der Waals surface area contributed by atoms with E-state index in [1.54, 1.807) is 43.0 Å². The number of amides is 2. The lowest BCUT2D eigenvalue weighted by atomic mass is 10.0. The minimum Gasteiger partial charge on any atom is -0.454 e. The van der Waals surface area contributed by atoms with Crippen molar-refractivity contribution in [3.05, 3.63) is 65.0 Å². The highest BCUT2D eigenvalue weighted by Gasteiger charge is 2.28. The molecule has 1 atom stereocenters. The van der Waals surface area contributed by atoms with Crippen LogP contribution in [-0.4, -0.2) is 67.3 Å². The Balaban J connectivity index is 1.51. The molecule has 0 radical (unpaired) electrons. The molecule has 2 aromatic rings. The normalized spacial score (nSPS) is 14.4. The van der Waals surface area contributed by atoms with Crippen LogP contribution in [0.5, 0.6) is 0 Å². The van der Waals surface area contributed by atoms with Gasteiger partial charge in [0, 0.05) is 37.3 Å². The predicted molar refractivity (Wildman–Crippen MR) is 133 cm³/mol. The summed E-state index contributed by atoms with van der Waals surface area (Å²) < 4.78 is 19.7. The number of aryl methyl sites for hydroxylation is 1. The lowest BCUT2D eigenvalue weighted by Gasteiger charge is -2.36. The molecule has 36 heavy (non-hydrogen) atoms. The summed E-state index contributed by atoms with van der Waals surface area (Å²) in [6.07, 6.45) is 0. The van der Waals surface area contributed by atoms with E-state index in [1.807, 2.05) is 24.0 Å². The number of rotatable bonds is 8. The maximum absolute atomic E-state index is 14.5. The highest BCUT2D eigenvalue weighted by molar-refractivity contribution is 5.97. The van der Waals surface area contributed by atoms with Gasteiger partial charge in [-0.2, -0.15) is 0 Å². The zero-order valence-electron chi connectivity index (χ0n) is 21.0.